The Balaban J connectivity index is 3.10. The molecular weight excluding hydrogens is 317 g/mol. The minimum Gasteiger partial charge on any atom is -0.512 e. The van der Waals surface area contributed by atoms with Crippen molar-refractivity contribution in [1.82, 2.24) is 4.90 Å². The van der Waals surface area contributed by atoms with Gasteiger partial charge in [-0.3, -0.25) is 4.79 Å². The van der Waals surface area contributed by atoms with Gasteiger partial charge < -0.3 is 20.2 Å². The first-order valence-corrected chi connectivity index (χ1v) is 7.58. The number of halogens is 2. The molecule has 0 bridgehead atoms. The molecule has 1 fully saturated rings. The Bertz CT molecular complexity index is 454. The molecular formula is C14H21Cl2NO4. The highest BCUT2D eigenvalue weighted by Gasteiger charge is 2.37. The van der Waals surface area contributed by atoms with E-state index in [9.17, 15) is 20.1 Å². The third-order valence-electron chi connectivity index (χ3n) is 3.61. The second kappa shape index (κ2) is 8.03. The maximum Gasteiger partial charge on any atom is 0.223 e. The van der Waals surface area contributed by atoms with Crippen molar-refractivity contribution >= 4 is 29.1 Å². The molecule has 0 spiro atoms. The molecule has 0 saturated carbocycles. The maximum atomic E-state index is 12.1. The van der Waals surface area contributed by atoms with Gasteiger partial charge in [-0.15, -0.1) is 0 Å². The lowest BCUT2D eigenvalue weighted by Gasteiger charge is -2.25. The zero-order valence-electron chi connectivity index (χ0n) is 12.1. The predicted molar refractivity (Wildman–Crippen MR) is 82.1 cm³/mol. The number of aliphatic hydroxyl groups excluding tert-OH is 3. The van der Waals surface area contributed by atoms with E-state index in [1.165, 1.54) is 4.90 Å². The van der Waals surface area contributed by atoms with Crippen molar-refractivity contribution in [3.8, 4) is 0 Å². The van der Waals surface area contributed by atoms with Gasteiger partial charge >= 0.3 is 0 Å². The molecule has 1 heterocycles. The summed E-state index contributed by atoms with van der Waals surface area (Å²) in [5.41, 5.74) is 0.470. The molecule has 0 radical (unpaired) electrons. The number of carbonyl (C=O) groups excluding carboxylic acids is 1. The Morgan fingerprint density at radius 3 is 2.38 bits per heavy atom. The molecule has 5 nitrogen and oxygen atoms in total. The number of likely N-dealkylation sites (tertiary alicyclic amines) is 1. The zero-order chi connectivity index (χ0) is 16.2. The minimum absolute atomic E-state index is 0.101. The van der Waals surface area contributed by atoms with E-state index in [-0.39, 0.29) is 48.8 Å². The summed E-state index contributed by atoms with van der Waals surface area (Å²) in [7, 11) is 0. The molecule has 0 aliphatic carbocycles. The van der Waals surface area contributed by atoms with Crippen molar-refractivity contribution < 1.29 is 20.1 Å². The summed E-state index contributed by atoms with van der Waals surface area (Å²) in [6, 6.07) is -0.632. The van der Waals surface area contributed by atoms with Crippen molar-refractivity contribution in [3.05, 3.63) is 21.4 Å². The summed E-state index contributed by atoms with van der Waals surface area (Å²) in [5.74, 6) is -0.394. The Morgan fingerprint density at radius 2 is 1.95 bits per heavy atom. The molecule has 120 valence electrons. The molecule has 0 aromatic rings. The van der Waals surface area contributed by atoms with Gasteiger partial charge in [0.15, 0.2) is 0 Å². The Morgan fingerprint density at radius 1 is 1.38 bits per heavy atom. The van der Waals surface area contributed by atoms with E-state index in [0.717, 1.165) is 0 Å². The number of hydrogen-bond acceptors (Lipinski definition) is 4. The number of rotatable bonds is 6. The van der Waals surface area contributed by atoms with Crippen LogP contribution in [0.3, 0.4) is 0 Å². The summed E-state index contributed by atoms with van der Waals surface area (Å²) in [6.45, 7) is 3.05. The van der Waals surface area contributed by atoms with Crippen LogP contribution < -0.4 is 0 Å². The lowest BCUT2D eigenvalue weighted by molar-refractivity contribution is -0.131. The van der Waals surface area contributed by atoms with Gasteiger partial charge in [0.05, 0.1) is 30.0 Å². The van der Waals surface area contributed by atoms with Gasteiger partial charge in [-0.1, -0.05) is 30.1 Å². The summed E-state index contributed by atoms with van der Waals surface area (Å²) < 4.78 is 0. The summed E-state index contributed by atoms with van der Waals surface area (Å²) in [6.07, 6.45) is 0.542. The molecule has 1 atom stereocenters. The van der Waals surface area contributed by atoms with E-state index in [4.69, 9.17) is 23.2 Å². The highest BCUT2D eigenvalue weighted by molar-refractivity contribution is 6.40. The number of amides is 1. The Labute approximate surface area is 134 Å². The zero-order valence-corrected chi connectivity index (χ0v) is 13.7. The van der Waals surface area contributed by atoms with Crippen molar-refractivity contribution in [2.75, 3.05) is 19.8 Å². The first kappa shape index (κ1) is 18.3. The first-order chi connectivity index (χ1) is 9.87. The molecule has 0 aromatic heterocycles. The SMILES string of the molecule is CC/C(O)=C(\C(Cl)=C(/C)Cl)C1CC(=O)N(C(CO)CO)C1. The van der Waals surface area contributed by atoms with Crippen LogP contribution >= 0.6 is 23.2 Å². The van der Waals surface area contributed by atoms with Crippen LogP contribution in [0.4, 0.5) is 0 Å². The van der Waals surface area contributed by atoms with Crippen molar-refractivity contribution in [3.63, 3.8) is 0 Å². The molecule has 1 rings (SSSR count). The lowest BCUT2D eigenvalue weighted by Crippen LogP contribution is -2.41. The van der Waals surface area contributed by atoms with Gasteiger partial charge in [0.25, 0.3) is 0 Å². The number of allylic oxidation sites excluding steroid dienone is 3. The second-order valence-corrected chi connectivity index (χ2v) is 5.97. The average molecular weight is 338 g/mol. The van der Waals surface area contributed by atoms with Crippen molar-refractivity contribution in [1.29, 1.82) is 0 Å². The van der Waals surface area contributed by atoms with Crippen LogP contribution in [0.5, 0.6) is 0 Å². The molecule has 3 N–H and O–H groups in total. The molecule has 1 aliphatic heterocycles. The molecule has 1 aliphatic rings. The Hall–Kier alpha value is -0.750. The van der Waals surface area contributed by atoms with E-state index in [2.05, 4.69) is 0 Å². The highest BCUT2D eigenvalue weighted by atomic mass is 35.5. The third kappa shape index (κ3) is 4.13. The summed E-state index contributed by atoms with van der Waals surface area (Å²) >= 11 is 12.1. The fourth-order valence-corrected chi connectivity index (χ4v) is 2.82. The molecule has 7 heteroatoms. The monoisotopic (exact) mass is 337 g/mol. The molecule has 21 heavy (non-hydrogen) atoms. The van der Waals surface area contributed by atoms with Crippen molar-refractivity contribution in [2.45, 2.75) is 32.7 Å². The van der Waals surface area contributed by atoms with E-state index >= 15 is 0 Å². The largest absolute Gasteiger partial charge is 0.512 e. The number of nitrogens with zero attached hydrogens (tertiary/aromatic N) is 1. The first-order valence-electron chi connectivity index (χ1n) is 6.82. The van der Waals surface area contributed by atoms with E-state index in [0.29, 0.717) is 17.0 Å². The van der Waals surface area contributed by atoms with E-state index in [1.54, 1.807) is 13.8 Å². The fourth-order valence-electron chi connectivity index (χ4n) is 2.45. The molecule has 1 saturated heterocycles. The van der Waals surface area contributed by atoms with Gasteiger partial charge in [0, 0.05) is 35.9 Å². The third-order valence-corrected chi connectivity index (χ3v) is 4.39. The smallest absolute Gasteiger partial charge is 0.223 e. The quantitative estimate of drug-likeness (QED) is 0.512. The standard InChI is InChI=1S/C14H21Cl2NO4/c1-3-11(20)13(14(16)8(2)15)9-4-12(21)17(5-9)10(6-18)7-19/h9-10,18-20H,3-7H2,1-2H3/b13-11+,14-8-. The van der Waals surface area contributed by atoms with Gasteiger partial charge in [0.1, 0.15) is 0 Å². The van der Waals surface area contributed by atoms with Gasteiger partial charge in [-0.2, -0.15) is 0 Å². The molecule has 1 unspecified atom stereocenters. The van der Waals surface area contributed by atoms with Gasteiger partial charge in [0.2, 0.25) is 5.91 Å². The van der Waals surface area contributed by atoms with Crippen LogP contribution in [0.25, 0.3) is 0 Å². The van der Waals surface area contributed by atoms with Gasteiger partial charge in [-0.05, 0) is 6.92 Å². The summed E-state index contributed by atoms with van der Waals surface area (Å²) in [5, 5.41) is 29.1. The number of aliphatic hydroxyl groups is 3. The van der Waals surface area contributed by atoms with Crippen LogP contribution in [-0.4, -0.2) is 51.9 Å². The lowest BCUT2D eigenvalue weighted by atomic mass is 9.95. The minimum atomic E-state index is -0.632. The number of carbonyl (C=O) groups is 1. The van der Waals surface area contributed by atoms with Crippen LogP contribution in [0, 0.1) is 5.92 Å². The molecule has 1 amide bonds. The van der Waals surface area contributed by atoms with Gasteiger partial charge in [-0.25, -0.2) is 0 Å². The topological polar surface area (TPSA) is 81.0 Å². The Kier molecular flexibility index (Phi) is 7.00. The van der Waals surface area contributed by atoms with E-state index in [1.807, 2.05) is 0 Å². The van der Waals surface area contributed by atoms with Crippen molar-refractivity contribution in [2.24, 2.45) is 5.92 Å². The van der Waals surface area contributed by atoms with E-state index < -0.39 is 6.04 Å². The fraction of sp³-hybridized carbons (Fsp3) is 0.643. The normalized spacial score (nSPS) is 21.8. The second-order valence-electron chi connectivity index (χ2n) is 5.03. The highest BCUT2D eigenvalue weighted by Crippen LogP contribution is 2.36. The summed E-state index contributed by atoms with van der Waals surface area (Å²) in [4.78, 5) is 13.5. The van der Waals surface area contributed by atoms with Crippen LogP contribution in [-0.2, 0) is 4.79 Å². The maximum absolute atomic E-state index is 12.1. The molecule has 0 aromatic carbocycles. The predicted octanol–water partition coefficient (Wildman–Crippen LogP) is 2.12. The average Bonchev–Trinajstić information content (AvgIpc) is 2.82. The van der Waals surface area contributed by atoms with Crippen LogP contribution in [0.2, 0.25) is 0 Å². The van der Waals surface area contributed by atoms with Crippen LogP contribution in [0.15, 0.2) is 21.4 Å². The number of hydrogen-bond donors (Lipinski definition) is 3. The van der Waals surface area contributed by atoms with Crippen LogP contribution in [0.1, 0.15) is 26.7 Å².